The van der Waals surface area contributed by atoms with Gasteiger partial charge in [0.2, 0.25) is 0 Å². The molecule has 0 aromatic rings. The van der Waals surface area contributed by atoms with Gasteiger partial charge in [0.15, 0.2) is 0 Å². The molecule has 0 radical (unpaired) electrons. The third-order valence-corrected chi connectivity index (χ3v) is 1.61. The first-order valence-electron chi connectivity index (χ1n) is 4.52. The average Bonchev–Trinajstić information content (AvgIpc) is 2.05. The Morgan fingerprint density at radius 3 is 2.23 bits per heavy atom. The molecule has 2 unspecified atom stereocenters. The van der Waals surface area contributed by atoms with Crippen LogP contribution in [0.25, 0.3) is 0 Å². The molecule has 0 rings (SSSR count). The van der Waals surface area contributed by atoms with Gasteiger partial charge in [-0.3, -0.25) is 0 Å². The number of nitrogens with one attached hydrogen (secondary N) is 1. The van der Waals surface area contributed by atoms with Crippen LogP contribution in [0.3, 0.4) is 0 Å². The van der Waals surface area contributed by atoms with Crippen molar-refractivity contribution in [3.8, 4) is 0 Å². The van der Waals surface area contributed by atoms with Gasteiger partial charge < -0.3 is 19.5 Å². The van der Waals surface area contributed by atoms with E-state index in [2.05, 4.69) is 5.32 Å². The summed E-state index contributed by atoms with van der Waals surface area (Å²) in [6.07, 6.45) is 0.207. The predicted molar refractivity (Wildman–Crippen MR) is 52.0 cm³/mol. The second-order valence-corrected chi connectivity index (χ2v) is 3.04. The van der Waals surface area contributed by atoms with Crippen molar-refractivity contribution < 1.29 is 14.2 Å². The Bertz CT molecular complexity index is 105. The lowest BCUT2D eigenvalue weighted by Gasteiger charge is -2.21. The van der Waals surface area contributed by atoms with Crippen molar-refractivity contribution in [2.45, 2.75) is 19.1 Å². The first kappa shape index (κ1) is 12.8. The van der Waals surface area contributed by atoms with E-state index in [9.17, 15) is 0 Å². The molecule has 0 saturated carbocycles. The summed E-state index contributed by atoms with van der Waals surface area (Å²) >= 11 is 0. The maximum atomic E-state index is 5.66. The largest absolute Gasteiger partial charge is 0.382 e. The van der Waals surface area contributed by atoms with Crippen molar-refractivity contribution in [3.63, 3.8) is 0 Å². The minimum Gasteiger partial charge on any atom is -0.382 e. The third-order valence-electron chi connectivity index (χ3n) is 1.61. The Morgan fingerprint density at radius 2 is 1.77 bits per heavy atom. The summed E-state index contributed by atoms with van der Waals surface area (Å²) in [4.78, 5) is 0. The molecule has 0 aliphatic rings. The van der Waals surface area contributed by atoms with Crippen molar-refractivity contribution in [2.75, 3.05) is 41.0 Å². The van der Waals surface area contributed by atoms with Crippen LogP contribution in [0.1, 0.15) is 6.92 Å². The van der Waals surface area contributed by atoms with Crippen LogP contribution in [-0.4, -0.2) is 53.2 Å². The van der Waals surface area contributed by atoms with Crippen molar-refractivity contribution in [3.05, 3.63) is 0 Å². The topological polar surface area (TPSA) is 39.7 Å². The monoisotopic (exact) mass is 191 g/mol. The Balaban J connectivity index is 3.64. The van der Waals surface area contributed by atoms with Crippen LogP contribution in [-0.2, 0) is 14.2 Å². The maximum Gasteiger partial charge on any atom is 0.0936 e. The van der Waals surface area contributed by atoms with Crippen molar-refractivity contribution in [2.24, 2.45) is 0 Å². The Hall–Kier alpha value is -0.160. The lowest BCUT2D eigenvalue weighted by atomic mass is 10.3. The van der Waals surface area contributed by atoms with Crippen LogP contribution < -0.4 is 5.32 Å². The molecule has 0 aliphatic heterocycles. The highest BCUT2D eigenvalue weighted by Gasteiger charge is 2.11. The summed E-state index contributed by atoms with van der Waals surface area (Å²) in [6.45, 7) is 4.00. The zero-order valence-corrected chi connectivity index (χ0v) is 9.00. The molecule has 0 amide bonds. The van der Waals surface area contributed by atoms with E-state index < -0.39 is 0 Å². The van der Waals surface area contributed by atoms with Gasteiger partial charge in [-0.25, -0.2) is 0 Å². The van der Waals surface area contributed by atoms with E-state index in [4.69, 9.17) is 14.2 Å². The molecule has 80 valence electrons. The summed E-state index contributed by atoms with van der Waals surface area (Å²) in [7, 11) is 5.24. The summed E-state index contributed by atoms with van der Waals surface area (Å²) in [5, 5.41) is 3.05. The standard InChI is InChI=1S/C9H21NO3/c1-8(6-11-3)13-9(5-10-2)7-12-4/h8-10H,5-7H2,1-4H3. The second-order valence-electron chi connectivity index (χ2n) is 3.04. The molecule has 0 aliphatic carbocycles. The number of likely N-dealkylation sites (N-methyl/N-ethyl adjacent to an activating group) is 1. The average molecular weight is 191 g/mol. The molecule has 0 aromatic heterocycles. The zero-order chi connectivity index (χ0) is 10.1. The molecule has 4 heteroatoms. The van der Waals surface area contributed by atoms with Gasteiger partial charge in [-0.05, 0) is 14.0 Å². The number of ether oxygens (including phenoxy) is 3. The molecular weight excluding hydrogens is 170 g/mol. The quantitative estimate of drug-likeness (QED) is 0.598. The molecule has 0 saturated heterocycles. The lowest BCUT2D eigenvalue weighted by molar-refractivity contribution is -0.0635. The third kappa shape index (κ3) is 6.95. The van der Waals surface area contributed by atoms with Gasteiger partial charge >= 0.3 is 0 Å². The van der Waals surface area contributed by atoms with E-state index in [0.29, 0.717) is 13.2 Å². The Kier molecular flexibility index (Phi) is 8.33. The molecule has 0 heterocycles. The van der Waals surface area contributed by atoms with Crippen molar-refractivity contribution >= 4 is 0 Å². The van der Waals surface area contributed by atoms with Crippen molar-refractivity contribution in [1.29, 1.82) is 0 Å². The molecule has 1 N–H and O–H groups in total. The molecule has 0 aromatic carbocycles. The fraction of sp³-hybridized carbons (Fsp3) is 1.00. The number of methoxy groups -OCH3 is 2. The lowest BCUT2D eigenvalue weighted by Crippen LogP contribution is -2.34. The highest BCUT2D eigenvalue weighted by Crippen LogP contribution is 1.98. The number of hydrogen-bond donors (Lipinski definition) is 1. The molecule has 2 atom stereocenters. The molecule has 0 fully saturated rings. The minimum absolute atomic E-state index is 0.0974. The van der Waals surface area contributed by atoms with Crippen LogP contribution in [0.4, 0.5) is 0 Å². The fourth-order valence-electron chi connectivity index (χ4n) is 1.16. The first-order chi connectivity index (χ1) is 6.24. The fourth-order valence-corrected chi connectivity index (χ4v) is 1.16. The number of hydrogen-bond acceptors (Lipinski definition) is 4. The van der Waals surface area contributed by atoms with E-state index in [-0.39, 0.29) is 12.2 Å². The smallest absolute Gasteiger partial charge is 0.0936 e. The van der Waals surface area contributed by atoms with E-state index in [1.54, 1.807) is 14.2 Å². The summed E-state index contributed by atoms with van der Waals surface area (Å²) in [5.74, 6) is 0. The van der Waals surface area contributed by atoms with Crippen LogP contribution in [0, 0.1) is 0 Å². The van der Waals surface area contributed by atoms with Gasteiger partial charge in [0.1, 0.15) is 0 Å². The van der Waals surface area contributed by atoms with Crippen LogP contribution in [0.2, 0.25) is 0 Å². The molecule has 13 heavy (non-hydrogen) atoms. The van der Waals surface area contributed by atoms with Gasteiger partial charge in [0, 0.05) is 20.8 Å². The molecule has 0 bridgehead atoms. The normalized spacial score (nSPS) is 15.7. The SMILES string of the molecule is CNCC(COC)OC(C)COC. The van der Waals surface area contributed by atoms with Crippen LogP contribution >= 0.6 is 0 Å². The molecule has 4 nitrogen and oxygen atoms in total. The maximum absolute atomic E-state index is 5.66. The highest BCUT2D eigenvalue weighted by atomic mass is 16.6. The zero-order valence-electron chi connectivity index (χ0n) is 9.00. The summed E-state index contributed by atoms with van der Waals surface area (Å²) < 4.78 is 15.7. The van der Waals surface area contributed by atoms with Gasteiger partial charge in [0.25, 0.3) is 0 Å². The molecular formula is C9H21NO3. The van der Waals surface area contributed by atoms with Crippen molar-refractivity contribution in [1.82, 2.24) is 5.32 Å². The minimum atomic E-state index is 0.0974. The van der Waals surface area contributed by atoms with E-state index in [1.165, 1.54) is 0 Å². The van der Waals surface area contributed by atoms with Crippen LogP contribution in [0.5, 0.6) is 0 Å². The van der Waals surface area contributed by atoms with Gasteiger partial charge in [-0.2, -0.15) is 0 Å². The Morgan fingerprint density at radius 1 is 1.15 bits per heavy atom. The number of rotatable bonds is 8. The van der Waals surface area contributed by atoms with E-state index in [0.717, 1.165) is 6.54 Å². The van der Waals surface area contributed by atoms with Gasteiger partial charge in [-0.15, -0.1) is 0 Å². The summed E-state index contributed by atoms with van der Waals surface area (Å²) in [5.41, 5.74) is 0. The molecule has 0 spiro atoms. The van der Waals surface area contributed by atoms with Gasteiger partial charge in [-0.1, -0.05) is 0 Å². The first-order valence-corrected chi connectivity index (χ1v) is 4.52. The van der Waals surface area contributed by atoms with E-state index in [1.807, 2.05) is 14.0 Å². The van der Waals surface area contributed by atoms with Crippen LogP contribution in [0.15, 0.2) is 0 Å². The summed E-state index contributed by atoms with van der Waals surface area (Å²) in [6, 6.07) is 0. The van der Waals surface area contributed by atoms with Gasteiger partial charge in [0.05, 0.1) is 25.4 Å². The predicted octanol–water partition coefficient (Wildman–Crippen LogP) is 0.272. The highest BCUT2D eigenvalue weighted by molar-refractivity contribution is 4.61. The second kappa shape index (κ2) is 8.44. The van der Waals surface area contributed by atoms with E-state index >= 15 is 0 Å². The Labute approximate surface area is 80.5 Å².